The van der Waals surface area contributed by atoms with Gasteiger partial charge in [0.2, 0.25) is 5.75 Å². The molecule has 0 N–H and O–H groups in total. The van der Waals surface area contributed by atoms with Crippen LogP contribution >= 0.6 is 0 Å². The molecular formula is C44H45N5O3. The highest BCUT2D eigenvalue weighted by atomic mass is 16.5. The maximum atomic E-state index is 9.46. The Labute approximate surface area is 307 Å². The first kappa shape index (κ1) is 35.2. The van der Waals surface area contributed by atoms with Crippen molar-refractivity contribution in [1.82, 2.24) is 19.8 Å². The summed E-state index contributed by atoms with van der Waals surface area (Å²) in [4.78, 5) is 14.1. The van der Waals surface area contributed by atoms with Gasteiger partial charge >= 0.3 is 0 Å². The predicted octanol–water partition coefficient (Wildman–Crippen LogP) is 6.64. The summed E-state index contributed by atoms with van der Waals surface area (Å²) in [5.41, 5.74) is 6.29. The van der Waals surface area contributed by atoms with Gasteiger partial charge in [-0.1, -0.05) is 103 Å². The Balaban J connectivity index is 1.06. The van der Waals surface area contributed by atoms with Crippen LogP contribution in [0.2, 0.25) is 0 Å². The molecule has 2 fully saturated rings. The molecule has 2 aliphatic heterocycles. The minimum Gasteiger partial charge on any atom is -0.482 e. The van der Waals surface area contributed by atoms with Gasteiger partial charge in [-0.25, -0.2) is 4.98 Å². The summed E-state index contributed by atoms with van der Waals surface area (Å²) in [7, 11) is 0. The topological polar surface area (TPSA) is 83.7 Å². The fourth-order valence-electron chi connectivity index (χ4n) is 6.91. The van der Waals surface area contributed by atoms with Crippen LogP contribution in [-0.2, 0) is 30.9 Å². The standard InChI is InChI=1S/C44H45N5O3/c45-26-39-28-49(29-39)30-41(40-19-17-35(18-20-40)12-11-34-13-15-36(16-14-34)27-48-21-23-50-24-22-48)25-42-43(51-31-37-7-3-1-4-8-37)44(47-33-46-42)52-32-38-9-5-2-6-10-38/h1-10,13-19,33,39-41H,20-25,27-32H2/t40?,41-/m1/s1. The van der Waals surface area contributed by atoms with Gasteiger partial charge in [0.1, 0.15) is 19.5 Å². The van der Waals surface area contributed by atoms with E-state index in [0.29, 0.717) is 31.3 Å². The SMILES string of the molecule is N#CC1CN(C[C@@H](Cc2ncnc(OCc3ccccc3)c2OCc2ccccc2)C2C=CC(C#Cc3ccc(CN4CCOCC4)cc3)=CC2)C1. The summed E-state index contributed by atoms with van der Waals surface area (Å²) < 4.78 is 18.2. The number of nitriles is 1. The van der Waals surface area contributed by atoms with Gasteiger partial charge in [0.25, 0.3) is 5.88 Å². The van der Waals surface area contributed by atoms with Crippen LogP contribution in [0.4, 0.5) is 0 Å². The molecule has 2 atom stereocenters. The minimum atomic E-state index is 0.0968. The Morgan fingerprint density at radius 2 is 1.52 bits per heavy atom. The molecule has 0 saturated carbocycles. The van der Waals surface area contributed by atoms with Gasteiger partial charge in [-0.3, -0.25) is 4.90 Å². The fourth-order valence-corrected chi connectivity index (χ4v) is 6.91. The lowest BCUT2D eigenvalue weighted by Crippen LogP contribution is -2.49. The third-order valence-corrected chi connectivity index (χ3v) is 9.93. The van der Waals surface area contributed by atoms with Crippen LogP contribution in [0.5, 0.6) is 11.6 Å². The molecule has 2 saturated heterocycles. The number of hydrogen-bond donors (Lipinski definition) is 0. The Bertz CT molecular complexity index is 1920. The van der Waals surface area contributed by atoms with Crippen molar-refractivity contribution >= 4 is 0 Å². The van der Waals surface area contributed by atoms with Crippen molar-refractivity contribution in [3.63, 3.8) is 0 Å². The van der Waals surface area contributed by atoms with Crippen LogP contribution in [0.3, 0.4) is 0 Å². The van der Waals surface area contributed by atoms with Gasteiger partial charge < -0.3 is 19.1 Å². The van der Waals surface area contributed by atoms with E-state index < -0.39 is 0 Å². The van der Waals surface area contributed by atoms with E-state index in [4.69, 9.17) is 19.2 Å². The zero-order valence-corrected chi connectivity index (χ0v) is 29.6. The number of morpholine rings is 1. The lowest BCUT2D eigenvalue weighted by atomic mass is 9.81. The van der Waals surface area contributed by atoms with Gasteiger partial charge in [-0.05, 0) is 53.5 Å². The number of rotatable bonds is 13. The van der Waals surface area contributed by atoms with Crippen LogP contribution in [0.1, 0.15) is 34.4 Å². The monoisotopic (exact) mass is 691 g/mol. The van der Waals surface area contributed by atoms with Crippen molar-refractivity contribution in [2.75, 3.05) is 45.9 Å². The minimum absolute atomic E-state index is 0.0968. The molecule has 7 rings (SSSR count). The van der Waals surface area contributed by atoms with Gasteiger partial charge in [-0.2, -0.15) is 10.2 Å². The molecule has 0 amide bonds. The second-order valence-electron chi connectivity index (χ2n) is 13.8. The highest BCUT2D eigenvalue weighted by Crippen LogP contribution is 2.35. The molecular weight excluding hydrogens is 647 g/mol. The quantitative estimate of drug-likeness (QED) is 0.145. The Hall–Kier alpha value is -5.25. The molecule has 8 heteroatoms. The number of ether oxygens (including phenoxy) is 3. The van der Waals surface area contributed by atoms with E-state index in [9.17, 15) is 5.26 Å². The molecule has 264 valence electrons. The molecule has 4 aromatic rings. The summed E-state index contributed by atoms with van der Waals surface area (Å²) in [5, 5.41) is 9.46. The van der Waals surface area contributed by atoms with Crippen LogP contribution in [0.25, 0.3) is 0 Å². The zero-order valence-electron chi connectivity index (χ0n) is 29.6. The first-order valence-electron chi connectivity index (χ1n) is 18.3. The highest BCUT2D eigenvalue weighted by Gasteiger charge is 2.32. The third-order valence-electron chi connectivity index (χ3n) is 9.93. The van der Waals surface area contributed by atoms with Gasteiger partial charge in [0.05, 0.1) is 30.9 Å². The third kappa shape index (κ3) is 9.75. The maximum absolute atomic E-state index is 9.46. The number of benzene rings is 3. The summed E-state index contributed by atoms with van der Waals surface area (Å²) in [6.45, 7) is 7.75. The number of aromatic nitrogens is 2. The second kappa shape index (κ2) is 17.8. The predicted molar refractivity (Wildman–Crippen MR) is 201 cm³/mol. The number of nitrogens with zero attached hydrogens (tertiary/aromatic N) is 5. The summed E-state index contributed by atoms with van der Waals surface area (Å²) in [6.07, 6.45) is 9.87. The van der Waals surface area contributed by atoms with Crippen molar-refractivity contribution in [3.8, 4) is 29.5 Å². The zero-order chi connectivity index (χ0) is 35.4. The number of hydrogen-bond acceptors (Lipinski definition) is 8. The summed E-state index contributed by atoms with van der Waals surface area (Å²) >= 11 is 0. The average molecular weight is 692 g/mol. The second-order valence-corrected chi connectivity index (χ2v) is 13.8. The van der Waals surface area contributed by atoms with Gasteiger partial charge in [0.15, 0.2) is 0 Å². The highest BCUT2D eigenvalue weighted by molar-refractivity contribution is 5.47. The molecule has 52 heavy (non-hydrogen) atoms. The van der Waals surface area contributed by atoms with E-state index in [0.717, 1.165) is 86.9 Å². The van der Waals surface area contributed by atoms with E-state index in [1.807, 2.05) is 60.7 Å². The number of likely N-dealkylation sites (tertiary alicyclic amines) is 1. The van der Waals surface area contributed by atoms with E-state index in [-0.39, 0.29) is 17.8 Å². The maximum Gasteiger partial charge on any atom is 0.260 e. The molecule has 8 nitrogen and oxygen atoms in total. The van der Waals surface area contributed by atoms with Crippen molar-refractivity contribution in [1.29, 1.82) is 5.26 Å². The molecule has 1 unspecified atom stereocenters. The van der Waals surface area contributed by atoms with Crippen LogP contribution in [0, 0.1) is 40.9 Å². The van der Waals surface area contributed by atoms with E-state index in [1.165, 1.54) is 5.56 Å². The summed E-state index contributed by atoms with van der Waals surface area (Å²) in [6, 6.07) is 31.2. The Kier molecular flexibility index (Phi) is 12.0. The molecule has 3 aromatic carbocycles. The molecule has 1 aromatic heterocycles. The molecule has 3 heterocycles. The van der Waals surface area contributed by atoms with Gasteiger partial charge in [0, 0.05) is 50.4 Å². The Morgan fingerprint density at radius 3 is 2.19 bits per heavy atom. The molecule has 3 aliphatic rings. The molecule has 0 bridgehead atoms. The number of allylic oxidation sites excluding steroid dienone is 4. The largest absolute Gasteiger partial charge is 0.482 e. The van der Waals surface area contributed by atoms with E-state index >= 15 is 0 Å². The first-order chi connectivity index (χ1) is 25.7. The van der Waals surface area contributed by atoms with Crippen molar-refractivity contribution in [2.24, 2.45) is 17.8 Å². The van der Waals surface area contributed by atoms with Crippen molar-refractivity contribution in [2.45, 2.75) is 32.6 Å². The normalized spacial score (nSPS) is 18.3. The smallest absolute Gasteiger partial charge is 0.260 e. The van der Waals surface area contributed by atoms with Crippen molar-refractivity contribution < 1.29 is 14.2 Å². The Morgan fingerprint density at radius 1 is 0.808 bits per heavy atom. The first-order valence-corrected chi connectivity index (χ1v) is 18.3. The molecule has 0 spiro atoms. The van der Waals surface area contributed by atoms with Crippen LogP contribution < -0.4 is 9.47 Å². The van der Waals surface area contributed by atoms with E-state index in [1.54, 1.807) is 6.33 Å². The average Bonchev–Trinajstić information content (AvgIpc) is 3.18. The van der Waals surface area contributed by atoms with Crippen LogP contribution in [0.15, 0.2) is 115 Å². The molecule has 0 radical (unpaired) electrons. The van der Waals surface area contributed by atoms with Crippen LogP contribution in [-0.4, -0.2) is 65.7 Å². The lowest BCUT2D eigenvalue weighted by molar-refractivity contribution is 0.0342. The summed E-state index contributed by atoms with van der Waals surface area (Å²) in [5.74, 6) is 8.40. The van der Waals surface area contributed by atoms with Gasteiger partial charge in [-0.15, -0.1) is 0 Å². The van der Waals surface area contributed by atoms with E-state index in [2.05, 4.69) is 75.2 Å². The van der Waals surface area contributed by atoms with Crippen molar-refractivity contribution in [3.05, 3.63) is 143 Å². The fraction of sp³-hybridized carbons (Fsp3) is 0.341. The molecule has 1 aliphatic carbocycles. The lowest BCUT2D eigenvalue weighted by Gasteiger charge is -2.39.